The van der Waals surface area contributed by atoms with Crippen LogP contribution in [0.4, 0.5) is 0 Å². The number of furan rings is 1. The first-order valence-corrected chi connectivity index (χ1v) is 9.37. The predicted octanol–water partition coefficient (Wildman–Crippen LogP) is -0.0185. The van der Waals surface area contributed by atoms with Gasteiger partial charge in [0.05, 0.1) is 19.1 Å². The number of hydrogen-bond acceptors (Lipinski definition) is 5. The number of aliphatic hydroxyl groups is 1. The molecule has 0 aliphatic rings. The molecule has 0 bridgehead atoms. The van der Waals surface area contributed by atoms with Crippen LogP contribution >= 0.6 is 0 Å². The van der Waals surface area contributed by atoms with Crippen LogP contribution in [-0.2, 0) is 15.6 Å². The summed E-state index contributed by atoms with van der Waals surface area (Å²) < 4.78 is 29.5. The fourth-order valence-electron chi connectivity index (χ4n) is 1.79. The smallest absolute Gasteiger partial charge is 0.208 e. The topological polar surface area (TPSA) is 116 Å². The Kier molecular flexibility index (Phi) is 7.53. The second-order valence-electron chi connectivity index (χ2n) is 5.39. The van der Waals surface area contributed by atoms with E-state index in [2.05, 4.69) is 20.3 Å². The van der Waals surface area contributed by atoms with Crippen LogP contribution in [0.5, 0.6) is 0 Å². The molecule has 0 saturated carbocycles. The maximum Gasteiger partial charge on any atom is 0.208 e. The lowest BCUT2D eigenvalue weighted by atomic mass is 10.0. The molecule has 9 heteroatoms. The van der Waals surface area contributed by atoms with Crippen molar-refractivity contribution in [2.45, 2.75) is 25.9 Å². The first-order valence-electron chi connectivity index (χ1n) is 7.48. The second-order valence-corrected chi connectivity index (χ2v) is 7.23. The maximum atomic E-state index is 11.0. The van der Waals surface area contributed by atoms with Crippen LogP contribution in [0.3, 0.4) is 0 Å². The quantitative estimate of drug-likeness (QED) is 0.284. The van der Waals surface area contributed by atoms with Crippen molar-refractivity contribution in [1.82, 2.24) is 15.4 Å². The van der Waals surface area contributed by atoms with Crippen molar-refractivity contribution in [2.75, 3.05) is 32.4 Å². The highest BCUT2D eigenvalue weighted by Crippen LogP contribution is 2.20. The molecular formula is C14H26N4O4S. The van der Waals surface area contributed by atoms with Crippen molar-refractivity contribution >= 4 is 16.0 Å². The van der Waals surface area contributed by atoms with E-state index in [0.717, 1.165) is 6.26 Å². The van der Waals surface area contributed by atoms with E-state index >= 15 is 0 Å². The Morgan fingerprint density at radius 3 is 2.70 bits per heavy atom. The van der Waals surface area contributed by atoms with Gasteiger partial charge in [-0.3, -0.25) is 0 Å². The summed E-state index contributed by atoms with van der Waals surface area (Å²) in [6.07, 6.45) is 3.25. The zero-order chi connectivity index (χ0) is 17.3. The highest BCUT2D eigenvalue weighted by Gasteiger charge is 2.25. The fraction of sp³-hybridized carbons (Fsp3) is 0.643. The minimum absolute atomic E-state index is 0.136. The van der Waals surface area contributed by atoms with E-state index in [9.17, 15) is 13.5 Å². The molecule has 1 atom stereocenters. The average Bonchev–Trinajstić information content (AvgIpc) is 2.98. The molecule has 0 aliphatic carbocycles. The summed E-state index contributed by atoms with van der Waals surface area (Å²) in [5.74, 6) is 1.01. The van der Waals surface area contributed by atoms with Crippen molar-refractivity contribution in [1.29, 1.82) is 0 Å². The molecule has 1 rings (SSSR count). The highest BCUT2D eigenvalue weighted by molar-refractivity contribution is 7.88. The van der Waals surface area contributed by atoms with Gasteiger partial charge in [0.2, 0.25) is 10.0 Å². The van der Waals surface area contributed by atoms with Gasteiger partial charge in [0.1, 0.15) is 11.4 Å². The lowest BCUT2D eigenvalue weighted by Crippen LogP contribution is -2.40. The minimum atomic E-state index is -3.16. The largest absolute Gasteiger partial charge is 0.466 e. The van der Waals surface area contributed by atoms with E-state index in [1.54, 1.807) is 19.1 Å². The molecule has 1 unspecified atom stereocenters. The molecular weight excluding hydrogens is 320 g/mol. The average molecular weight is 346 g/mol. The van der Waals surface area contributed by atoms with Gasteiger partial charge in [-0.2, -0.15) is 0 Å². The summed E-state index contributed by atoms with van der Waals surface area (Å²) in [7, 11) is -3.16. The molecule has 132 valence electrons. The van der Waals surface area contributed by atoms with Gasteiger partial charge in [-0.15, -0.1) is 0 Å². The van der Waals surface area contributed by atoms with Gasteiger partial charge in [0, 0.05) is 19.6 Å². The van der Waals surface area contributed by atoms with Gasteiger partial charge in [-0.25, -0.2) is 18.1 Å². The third-order valence-corrected chi connectivity index (χ3v) is 3.68. The summed E-state index contributed by atoms with van der Waals surface area (Å²) in [5.41, 5.74) is -1.19. The first-order chi connectivity index (χ1) is 10.7. The van der Waals surface area contributed by atoms with Gasteiger partial charge in [0.15, 0.2) is 5.96 Å². The standard InChI is InChI=1S/C14H26N4O4S/c1-4-15-13(16-8-6-9-18-23(3,20)21)17-11-14(2,19)12-7-5-10-22-12/h5,7,10,18-19H,4,6,8-9,11H2,1-3H3,(H2,15,16,17). The Balaban J connectivity index is 2.47. The Labute approximate surface area is 137 Å². The van der Waals surface area contributed by atoms with Crippen LogP contribution < -0.4 is 15.4 Å². The maximum absolute atomic E-state index is 11.0. The van der Waals surface area contributed by atoms with E-state index in [4.69, 9.17) is 4.42 Å². The van der Waals surface area contributed by atoms with Crippen molar-refractivity contribution in [3.05, 3.63) is 24.2 Å². The van der Waals surface area contributed by atoms with Gasteiger partial charge < -0.3 is 20.2 Å². The molecule has 0 spiro atoms. The predicted molar refractivity (Wildman–Crippen MR) is 89.7 cm³/mol. The third kappa shape index (κ3) is 8.00. The Morgan fingerprint density at radius 2 is 2.13 bits per heavy atom. The van der Waals surface area contributed by atoms with Crippen LogP contribution in [0.15, 0.2) is 27.8 Å². The molecule has 1 aromatic heterocycles. The molecule has 23 heavy (non-hydrogen) atoms. The van der Waals surface area contributed by atoms with E-state index in [1.165, 1.54) is 6.26 Å². The molecule has 0 fully saturated rings. The van der Waals surface area contributed by atoms with Crippen LogP contribution in [0.25, 0.3) is 0 Å². The SMILES string of the molecule is CCNC(=NCC(C)(O)c1ccco1)NCCCNS(C)(=O)=O. The molecule has 1 heterocycles. The summed E-state index contributed by atoms with van der Waals surface area (Å²) in [4.78, 5) is 4.33. The minimum Gasteiger partial charge on any atom is -0.466 e. The highest BCUT2D eigenvalue weighted by atomic mass is 32.2. The van der Waals surface area contributed by atoms with Crippen molar-refractivity contribution in [3.8, 4) is 0 Å². The molecule has 0 amide bonds. The molecule has 8 nitrogen and oxygen atoms in total. The number of guanidine groups is 1. The Morgan fingerprint density at radius 1 is 1.39 bits per heavy atom. The van der Waals surface area contributed by atoms with Crippen LogP contribution in [0, 0.1) is 0 Å². The van der Waals surface area contributed by atoms with Crippen molar-refractivity contribution in [3.63, 3.8) is 0 Å². The van der Waals surface area contributed by atoms with Crippen molar-refractivity contribution in [2.24, 2.45) is 4.99 Å². The van der Waals surface area contributed by atoms with E-state index in [1.807, 2.05) is 6.92 Å². The number of nitrogens with zero attached hydrogens (tertiary/aromatic N) is 1. The van der Waals surface area contributed by atoms with E-state index in [-0.39, 0.29) is 6.54 Å². The Hall–Kier alpha value is -1.58. The van der Waals surface area contributed by atoms with Crippen LogP contribution in [-0.4, -0.2) is 51.9 Å². The van der Waals surface area contributed by atoms with Gasteiger partial charge in [0.25, 0.3) is 0 Å². The monoisotopic (exact) mass is 346 g/mol. The summed E-state index contributed by atoms with van der Waals surface area (Å²) >= 11 is 0. The summed E-state index contributed by atoms with van der Waals surface area (Å²) in [5, 5.41) is 16.5. The molecule has 0 aromatic carbocycles. The van der Waals surface area contributed by atoms with Gasteiger partial charge in [-0.1, -0.05) is 0 Å². The molecule has 0 saturated heterocycles. The van der Waals surface area contributed by atoms with Crippen LogP contribution in [0.1, 0.15) is 26.0 Å². The first kappa shape index (κ1) is 19.5. The van der Waals surface area contributed by atoms with E-state index < -0.39 is 15.6 Å². The number of aliphatic imine (C=N–C) groups is 1. The zero-order valence-corrected chi connectivity index (χ0v) is 14.6. The number of hydrogen-bond donors (Lipinski definition) is 4. The van der Waals surface area contributed by atoms with Crippen molar-refractivity contribution < 1.29 is 17.9 Å². The summed E-state index contributed by atoms with van der Waals surface area (Å²) in [6.45, 7) is 5.29. The molecule has 1 aromatic rings. The molecule has 0 aliphatic heterocycles. The number of sulfonamides is 1. The summed E-state index contributed by atoms with van der Waals surface area (Å²) in [6, 6.07) is 3.42. The fourth-order valence-corrected chi connectivity index (χ4v) is 2.31. The number of nitrogens with one attached hydrogen (secondary N) is 3. The lowest BCUT2D eigenvalue weighted by molar-refractivity contribution is 0.0437. The van der Waals surface area contributed by atoms with Gasteiger partial charge >= 0.3 is 0 Å². The third-order valence-electron chi connectivity index (χ3n) is 2.95. The molecule has 0 radical (unpaired) electrons. The lowest BCUT2D eigenvalue weighted by Gasteiger charge is -2.19. The van der Waals surface area contributed by atoms with Gasteiger partial charge in [-0.05, 0) is 32.4 Å². The number of rotatable bonds is 9. The van der Waals surface area contributed by atoms with Crippen LogP contribution in [0.2, 0.25) is 0 Å². The van der Waals surface area contributed by atoms with E-state index in [0.29, 0.717) is 37.8 Å². The second kappa shape index (κ2) is 8.90. The Bertz CT molecular complexity index is 582. The zero-order valence-electron chi connectivity index (χ0n) is 13.8. The normalized spacial score (nSPS) is 15.2. The molecule has 4 N–H and O–H groups in total.